The van der Waals surface area contributed by atoms with Gasteiger partial charge >= 0.3 is 0 Å². The normalized spacial score (nSPS) is 28.2. The van der Waals surface area contributed by atoms with Crippen LogP contribution >= 0.6 is 0 Å². The Morgan fingerprint density at radius 3 is 2.85 bits per heavy atom. The minimum atomic E-state index is -0.0690. The number of nitrogens with zero attached hydrogens (tertiary/aromatic N) is 3. The lowest BCUT2D eigenvalue weighted by molar-refractivity contribution is -0.131. The molecule has 4 aliphatic rings. The van der Waals surface area contributed by atoms with E-state index in [0.717, 1.165) is 44.3 Å². The van der Waals surface area contributed by atoms with Gasteiger partial charge < -0.3 is 15.5 Å². The maximum Gasteiger partial charge on any atom is 0.268 e. The van der Waals surface area contributed by atoms with Crippen molar-refractivity contribution in [1.29, 1.82) is 0 Å². The second-order valence-electron chi connectivity index (χ2n) is 11.0. The molecule has 0 radical (unpaired) electrons. The highest BCUT2D eigenvalue weighted by atomic mass is 16.2. The third kappa shape index (κ3) is 4.16. The Labute approximate surface area is 196 Å². The van der Waals surface area contributed by atoms with Gasteiger partial charge in [0.2, 0.25) is 5.91 Å². The van der Waals surface area contributed by atoms with Crippen LogP contribution in [0.1, 0.15) is 62.1 Å². The van der Waals surface area contributed by atoms with Gasteiger partial charge in [0, 0.05) is 32.4 Å². The smallest absolute Gasteiger partial charge is 0.268 e. The molecule has 2 aromatic rings. The highest BCUT2D eigenvalue weighted by Crippen LogP contribution is 2.61. The third-order valence-corrected chi connectivity index (χ3v) is 8.85. The molecule has 1 aliphatic heterocycles. The summed E-state index contributed by atoms with van der Waals surface area (Å²) in [5, 5.41) is 6.56. The molecular weight excluding hydrogens is 414 g/mol. The Morgan fingerprint density at radius 1 is 1.27 bits per heavy atom. The quantitative estimate of drug-likeness (QED) is 0.708. The Morgan fingerprint density at radius 2 is 2.12 bits per heavy atom. The van der Waals surface area contributed by atoms with E-state index in [9.17, 15) is 9.59 Å². The molecule has 3 aliphatic carbocycles. The molecule has 178 valence electrons. The van der Waals surface area contributed by atoms with E-state index >= 15 is 0 Å². The van der Waals surface area contributed by atoms with E-state index in [0.29, 0.717) is 28.4 Å². The van der Waals surface area contributed by atoms with Crippen molar-refractivity contribution in [3.05, 3.63) is 35.8 Å². The van der Waals surface area contributed by atoms with E-state index in [-0.39, 0.29) is 24.3 Å². The summed E-state index contributed by atoms with van der Waals surface area (Å²) in [6.07, 6.45) is 8.02. The van der Waals surface area contributed by atoms with Gasteiger partial charge in [-0.15, -0.1) is 0 Å². The summed E-state index contributed by atoms with van der Waals surface area (Å²) in [7, 11) is 1.88. The van der Waals surface area contributed by atoms with E-state index in [1.54, 1.807) is 0 Å². The van der Waals surface area contributed by atoms with Crippen molar-refractivity contribution in [1.82, 2.24) is 24.9 Å². The molecule has 2 N–H and O–H groups in total. The number of carbonyl (C=O) groups is 2. The van der Waals surface area contributed by atoms with Crippen LogP contribution in [-0.4, -0.2) is 58.8 Å². The number of likely N-dealkylation sites (N-methyl/N-ethyl adjacent to an activating group) is 1. The lowest BCUT2D eigenvalue weighted by atomic mass is 9.45. The van der Waals surface area contributed by atoms with Gasteiger partial charge in [0.15, 0.2) is 0 Å². The average molecular weight is 452 g/mol. The fraction of sp³-hybridized carbons (Fsp3) is 0.654. The fourth-order valence-corrected chi connectivity index (χ4v) is 6.50. The predicted octanol–water partition coefficient (Wildman–Crippen LogP) is 2.89. The van der Waals surface area contributed by atoms with Crippen LogP contribution in [0.15, 0.2) is 24.4 Å². The minimum absolute atomic E-state index is 0.0665. The van der Waals surface area contributed by atoms with E-state index in [1.165, 1.54) is 19.3 Å². The molecule has 6 rings (SSSR count). The van der Waals surface area contributed by atoms with E-state index in [1.807, 2.05) is 40.7 Å². The van der Waals surface area contributed by atoms with Gasteiger partial charge in [-0.2, -0.15) is 0 Å². The molecule has 7 heteroatoms. The summed E-state index contributed by atoms with van der Waals surface area (Å²) in [6, 6.07) is 5.82. The van der Waals surface area contributed by atoms with Gasteiger partial charge in [0.05, 0.1) is 12.1 Å². The van der Waals surface area contributed by atoms with Gasteiger partial charge in [-0.05, 0) is 74.0 Å². The first kappa shape index (κ1) is 22.4. The molecule has 4 atom stereocenters. The Hall–Kier alpha value is -2.41. The fourth-order valence-electron chi connectivity index (χ4n) is 6.50. The lowest BCUT2D eigenvalue weighted by Crippen LogP contribution is -2.54. The number of rotatable bonds is 6. The first-order valence-electron chi connectivity index (χ1n) is 12.6. The van der Waals surface area contributed by atoms with Crippen molar-refractivity contribution >= 4 is 17.5 Å². The molecule has 3 heterocycles. The summed E-state index contributed by atoms with van der Waals surface area (Å²) >= 11 is 0. The van der Waals surface area contributed by atoms with Crippen LogP contribution in [0, 0.1) is 23.2 Å². The van der Waals surface area contributed by atoms with Crippen LogP contribution in [0.2, 0.25) is 0 Å². The Balaban J connectivity index is 1.24. The van der Waals surface area contributed by atoms with Crippen molar-refractivity contribution in [2.75, 3.05) is 26.7 Å². The molecule has 33 heavy (non-hydrogen) atoms. The maximum absolute atomic E-state index is 13.1. The van der Waals surface area contributed by atoms with Crippen molar-refractivity contribution in [2.45, 2.75) is 58.4 Å². The third-order valence-electron chi connectivity index (χ3n) is 8.85. The summed E-state index contributed by atoms with van der Waals surface area (Å²) in [5.41, 5.74) is 2.39. The number of fused-ring (bicyclic) bond motifs is 3. The van der Waals surface area contributed by atoms with Gasteiger partial charge in [-0.3, -0.25) is 14.0 Å². The number of carbonyl (C=O) groups excluding carboxylic acids is 2. The number of hydrogen-bond acceptors (Lipinski definition) is 4. The van der Waals surface area contributed by atoms with E-state index < -0.39 is 0 Å². The highest BCUT2D eigenvalue weighted by molar-refractivity contribution is 5.93. The average Bonchev–Trinajstić information content (AvgIpc) is 3.24. The first-order valence-corrected chi connectivity index (χ1v) is 12.6. The zero-order valence-corrected chi connectivity index (χ0v) is 20.1. The zero-order chi connectivity index (χ0) is 23.2. The molecule has 7 nitrogen and oxygen atoms in total. The minimum Gasteiger partial charge on any atom is -0.350 e. The molecule has 2 amide bonds. The standard InChI is InChI=1S/C26H37N5O2/c1-26(2)18-10-9-17(21(26)12-18)14-28-25(33)22-7-4-8-23-29-19(16-31(22)23)13-24(32)30(3)20-6-5-11-27-15-20/h4,7-8,16-18,20-21,27H,5-6,9-15H2,1-3H3,(H,28,33)/t17-,18+,20?,21-/m0/s1. The molecule has 2 bridgehead atoms. The lowest BCUT2D eigenvalue weighted by Gasteiger charge is -2.60. The van der Waals surface area contributed by atoms with Crippen molar-refractivity contribution in [3.8, 4) is 0 Å². The molecule has 2 aromatic heterocycles. The second-order valence-corrected chi connectivity index (χ2v) is 11.0. The summed E-state index contributed by atoms with van der Waals surface area (Å²) in [4.78, 5) is 32.4. The predicted molar refractivity (Wildman–Crippen MR) is 128 cm³/mol. The number of pyridine rings is 1. The zero-order valence-electron chi connectivity index (χ0n) is 20.1. The van der Waals surface area contributed by atoms with Crippen LogP contribution in [0.3, 0.4) is 0 Å². The van der Waals surface area contributed by atoms with Gasteiger partial charge in [-0.1, -0.05) is 19.9 Å². The Bertz CT molecular complexity index is 1040. The van der Waals surface area contributed by atoms with Crippen LogP contribution < -0.4 is 10.6 Å². The van der Waals surface area contributed by atoms with E-state index in [2.05, 4.69) is 29.5 Å². The molecule has 1 saturated heterocycles. The SMILES string of the molecule is CN(C(=O)Cc1cn2c(C(=O)NC[C@@H]3CC[C@@H]4C[C@@H]3C4(C)C)cccc2n1)C1CCCNC1. The second kappa shape index (κ2) is 8.75. The number of nitrogens with one attached hydrogen (secondary N) is 2. The largest absolute Gasteiger partial charge is 0.350 e. The summed E-state index contributed by atoms with van der Waals surface area (Å²) in [6.45, 7) is 7.37. The van der Waals surface area contributed by atoms with Gasteiger partial charge in [-0.25, -0.2) is 4.98 Å². The van der Waals surface area contributed by atoms with Gasteiger partial charge in [0.25, 0.3) is 5.91 Å². The van der Waals surface area contributed by atoms with Crippen molar-refractivity contribution in [2.24, 2.45) is 23.2 Å². The van der Waals surface area contributed by atoms with Crippen LogP contribution in [-0.2, 0) is 11.2 Å². The molecule has 3 saturated carbocycles. The summed E-state index contributed by atoms with van der Waals surface area (Å²) < 4.78 is 1.82. The Kier molecular flexibility index (Phi) is 5.93. The van der Waals surface area contributed by atoms with Crippen molar-refractivity contribution in [3.63, 3.8) is 0 Å². The molecular formula is C26H37N5O2. The highest BCUT2D eigenvalue weighted by Gasteiger charge is 2.53. The molecule has 4 fully saturated rings. The monoisotopic (exact) mass is 451 g/mol. The number of aromatic nitrogens is 2. The maximum atomic E-state index is 13.1. The number of amides is 2. The molecule has 0 spiro atoms. The molecule has 1 unspecified atom stereocenters. The molecule has 0 aromatic carbocycles. The van der Waals surface area contributed by atoms with E-state index in [4.69, 9.17) is 0 Å². The van der Waals surface area contributed by atoms with Crippen LogP contribution in [0.5, 0.6) is 0 Å². The topological polar surface area (TPSA) is 78.7 Å². The number of imidazole rings is 1. The number of hydrogen-bond donors (Lipinski definition) is 2. The first-order chi connectivity index (χ1) is 15.8. The van der Waals surface area contributed by atoms with Gasteiger partial charge in [0.1, 0.15) is 11.3 Å². The van der Waals surface area contributed by atoms with Crippen molar-refractivity contribution < 1.29 is 9.59 Å². The number of piperidine rings is 1. The summed E-state index contributed by atoms with van der Waals surface area (Å²) in [5.74, 6) is 2.14. The van der Waals surface area contributed by atoms with Crippen LogP contribution in [0.4, 0.5) is 0 Å². The van der Waals surface area contributed by atoms with Crippen LogP contribution in [0.25, 0.3) is 5.65 Å².